The molecule has 17 heavy (non-hydrogen) atoms. The summed E-state index contributed by atoms with van der Waals surface area (Å²) in [7, 11) is -0.244. The zero-order chi connectivity index (χ0) is 13.5. The Balaban J connectivity index is 4.28. The molecule has 1 amide bonds. The first-order chi connectivity index (χ1) is 7.85. The van der Waals surface area contributed by atoms with E-state index in [1.165, 1.54) is 18.4 Å². The van der Waals surface area contributed by atoms with E-state index < -0.39 is 10.0 Å². The summed E-state index contributed by atoms with van der Waals surface area (Å²) in [6.45, 7) is 1.90. The van der Waals surface area contributed by atoms with Gasteiger partial charge in [-0.05, 0) is 12.8 Å². The number of carbonyl (C=O) groups is 1. The number of unbranched alkanes of at least 4 members (excludes halogenated alkanes) is 1. The maximum absolute atomic E-state index is 11.8. The number of rotatable bonds is 8. The Hall–Kier alpha value is -0.330. The van der Waals surface area contributed by atoms with E-state index in [1.807, 2.05) is 0 Å². The summed E-state index contributed by atoms with van der Waals surface area (Å²) in [5.74, 6) is 0.0329. The molecule has 0 radical (unpaired) electrons. The van der Waals surface area contributed by atoms with Gasteiger partial charge in [-0.3, -0.25) is 4.79 Å². The van der Waals surface area contributed by atoms with Gasteiger partial charge in [-0.2, -0.15) is 0 Å². The van der Waals surface area contributed by atoms with Gasteiger partial charge in [0.1, 0.15) is 0 Å². The van der Waals surface area contributed by atoms with Gasteiger partial charge >= 0.3 is 0 Å². The lowest BCUT2D eigenvalue weighted by Gasteiger charge is -2.20. The van der Waals surface area contributed by atoms with E-state index in [2.05, 4.69) is 5.32 Å². The Morgan fingerprint density at radius 2 is 2.00 bits per heavy atom. The predicted octanol–water partition coefficient (Wildman–Crippen LogP) is 0.649. The molecule has 0 spiro atoms. The van der Waals surface area contributed by atoms with Crippen LogP contribution < -0.4 is 5.32 Å². The second kappa shape index (κ2) is 7.89. The smallest absolute Gasteiger partial charge is 0.223 e. The van der Waals surface area contributed by atoms with E-state index in [0.717, 1.165) is 0 Å². The molecule has 102 valence electrons. The van der Waals surface area contributed by atoms with E-state index in [1.54, 1.807) is 6.92 Å². The zero-order valence-corrected chi connectivity index (χ0v) is 12.1. The lowest BCUT2D eigenvalue weighted by atomic mass is 10.2. The summed E-state index contributed by atoms with van der Waals surface area (Å²) >= 11 is 5.49. The molecule has 0 aromatic heterocycles. The molecule has 0 fully saturated rings. The molecule has 0 saturated heterocycles. The van der Waals surface area contributed by atoms with Gasteiger partial charge in [-0.15, -0.1) is 11.6 Å². The third-order valence-electron chi connectivity index (χ3n) is 2.49. The topological polar surface area (TPSA) is 66.5 Å². The van der Waals surface area contributed by atoms with Crippen LogP contribution in [0.3, 0.4) is 0 Å². The Morgan fingerprint density at radius 3 is 2.47 bits per heavy atom. The Bertz CT molecular complexity index is 332. The monoisotopic (exact) mass is 284 g/mol. The van der Waals surface area contributed by atoms with Gasteiger partial charge in [0.25, 0.3) is 0 Å². The van der Waals surface area contributed by atoms with Crippen molar-refractivity contribution in [3.63, 3.8) is 0 Å². The SMILES string of the molecule is CNC(=O)C(C)CN(C)S(=O)(=O)CCCCCl. The summed E-state index contributed by atoms with van der Waals surface area (Å²) in [6, 6.07) is 0. The highest BCUT2D eigenvalue weighted by Crippen LogP contribution is 2.07. The van der Waals surface area contributed by atoms with Crippen LogP contribution in [0.15, 0.2) is 0 Å². The standard InChI is InChI=1S/C10H21ClN2O3S/c1-9(10(14)12-2)8-13(3)17(15,16)7-5-4-6-11/h9H,4-8H2,1-3H3,(H,12,14). The summed E-state index contributed by atoms with van der Waals surface area (Å²) in [5, 5.41) is 2.50. The zero-order valence-electron chi connectivity index (χ0n) is 10.6. The molecule has 1 N–H and O–H groups in total. The van der Waals surface area contributed by atoms with Crippen LogP contribution in [-0.4, -0.2) is 50.9 Å². The molecule has 0 aromatic rings. The molecule has 7 heteroatoms. The third kappa shape index (κ3) is 6.24. The number of amides is 1. The van der Waals surface area contributed by atoms with Gasteiger partial charge in [0.2, 0.25) is 15.9 Å². The van der Waals surface area contributed by atoms with E-state index in [0.29, 0.717) is 18.7 Å². The number of hydrogen-bond donors (Lipinski definition) is 1. The molecule has 0 rings (SSSR count). The number of halogens is 1. The van der Waals surface area contributed by atoms with Crippen LogP contribution >= 0.6 is 11.6 Å². The van der Waals surface area contributed by atoms with Gasteiger partial charge in [0.05, 0.1) is 5.75 Å². The van der Waals surface area contributed by atoms with Crippen molar-refractivity contribution >= 4 is 27.5 Å². The molecule has 1 atom stereocenters. The number of alkyl halides is 1. The van der Waals surface area contributed by atoms with Crippen molar-refractivity contribution in [1.82, 2.24) is 9.62 Å². The molecule has 1 unspecified atom stereocenters. The number of carbonyl (C=O) groups excluding carboxylic acids is 1. The first-order valence-electron chi connectivity index (χ1n) is 5.56. The van der Waals surface area contributed by atoms with Crippen LogP contribution in [-0.2, 0) is 14.8 Å². The number of nitrogens with one attached hydrogen (secondary N) is 1. The Labute approximate surface area is 109 Å². The minimum absolute atomic E-state index is 0.0800. The molecule has 0 aliphatic heterocycles. The Kier molecular flexibility index (Phi) is 7.74. The van der Waals surface area contributed by atoms with Crippen molar-refractivity contribution in [2.75, 3.05) is 32.3 Å². The lowest BCUT2D eigenvalue weighted by molar-refractivity contribution is -0.124. The first-order valence-corrected chi connectivity index (χ1v) is 7.71. The van der Waals surface area contributed by atoms with Gasteiger partial charge in [-0.25, -0.2) is 12.7 Å². The normalized spacial score (nSPS) is 13.7. The highest BCUT2D eigenvalue weighted by atomic mass is 35.5. The van der Waals surface area contributed by atoms with E-state index in [9.17, 15) is 13.2 Å². The van der Waals surface area contributed by atoms with Crippen LogP contribution in [0.1, 0.15) is 19.8 Å². The van der Waals surface area contributed by atoms with Crippen molar-refractivity contribution in [3.8, 4) is 0 Å². The van der Waals surface area contributed by atoms with Crippen LogP contribution in [0.4, 0.5) is 0 Å². The quantitative estimate of drug-likeness (QED) is 0.526. The van der Waals surface area contributed by atoms with Crippen molar-refractivity contribution in [3.05, 3.63) is 0 Å². The first kappa shape index (κ1) is 16.7. The molecule has 0 bridgehead atoms. The molecule has 0 aliphatic rings. The maximum atomic E-state index is 11.8. The van der Waals surface area contributed by atoms with Gasteiger partial charge in [-0.1, -0.05) is 6.92 Å². The van der Waals surface area contributed by atoms with Crippen LogP contribution in [0.2, 0.25) is 0 Å². The van der Waals surface area contributed by atoms with Crippen molar-refractivity contribution < 1.29 is 13.2 Å². The minimum atomic E-state index is -3.27. The van der Waals surface area contributed by atoms with Crippen LogP contribution in [0.25, 0.3) is 0 Å². The molecule has 5 nitrogen and oxygen atoms in total. The molecule has 0 aliphatic carbocycles. The van der Waals surface area contributed by atoms with E-state index in [4.69, 9.17) is 11.6 Å². The number of hydrogen-bond acceptors (Lipinski definition) is 3. The molecular weight excluding hydrogens is 264 g/mol. The average molecular weight is 285 g/mol. The Morgan fingerprint density at radius 1 is 1.41 bits per heavy atom. The maximum Gasteiger partial charge on any atom is 0.223 e. The largest absolute Gasteiger partial charge is 0.359 e. The van der Waals surface area contributed by atoms with Gasteiger partial charge in [0, 0.05) is 32.4 Å². The summed E-state index contributed by atoms with van der Waals surface area (Å²) in [4.78, 5) is 11.3. The van der Waals surface area contributed by atoms with E-state index >= 15 is 0 Å². The molecule has 0 heterocycles. The highest BCUT2D eigenvalue weighted by Gasteiger charge is 2.22. The average Bonchev–Trinajstić information content (AvgIpc) is 2.27. The van der Waals surface area contributed by atoms with Crippen LogP contribution in [0.5, 0.6) is 0 Å². The van der Waals surface area contributed by atoms with Gasteiger partial charge in [0.15, 0.2) is 0 Å². The van der Waals surface area contributed by atoms with Crippen molar-refractivity contribution in [2.24, 2.45) is 5.92 Å². The third-order valence-corrected chi connectivity index (χ3v) is 4.66. The second-order valence-corrected chi connectivity index (χ2v) is 6.58. The molecular formula is C10H21ClN2O3S. The summed E-state index contributed by atoms with van der Waals surface area (Å²) in [6.07, 6.45) is 1.23. The lowest BCUT2D eigenvalue weighted by Crippen LogP contribution is -2.38. The van der Waals surface area contributed by atoms with Crippen molar-refractivity contribution in [1.29, 1.82) is 0 Å². The van der Waals surface area contributed by atoms with Crippen LogP contribution in [0, 0.1) is 5.92 Å². The molecule has 0 aromatic carbocycles. The fourth-order valence-corrected chi connectivity index (χ4v) is 2.88. The summed E-state index contributed by atoms with van der Waals surface area (Å²) < 4.78 is 24.8. The molecule has 0 saturated carbocycles. The van der Waals surface area contributed by atoms with E-state index in [-0.39, 0.29) is 24.1 Å². The minimum Gasteiger partial charge on any atom is -0.359 e. The predicted molar refractivity (Wildman–Crippen MR) is 69.6 cm³/mol. The van der Waals surface area contributed by atoms with Crippen molar-refractivity contribution in [2.45, 2.75) is 19.8 Å². The summed E-state index contributed by atoms with van der Waals surface area (Å²) in [5.41, 5.74) is 0. The van der Waals surface area contributed by atoms with Gasteiger partial charge < -0.3 is 5.32 Å². The highest BCUT2D eigenvalue weighted by molar-refractivity contribution is 7.89. The number of sulfonamides is 1. The number of nitrogens with zero attached hydrogens (tertiary/aromatic N) is 1. The fraction of sp³-hybridized carbons (Fsp3) is 0.900. The second-order valence-electron chi connectivity index (χ2n) is 4.01. The fourth-order valence-electron chi connectivity index (χ4n) is 1.36.